The second-order valence-electron chi connectivity index (χ2n) is 14.9. The molecule has 0 saturated heterocycles. The van der Waals surface area contributed by atoms with Crippen LogP contribution in [-0.4, -0.2) is 24.1 Å². The lowest BCUT2D eigenvalue weighted by Crippen LogP contribution is -2.03. The Morgan fingerprint density at radius 1 is 0.339 bits per heavy atom. The summed E-state index contributed by atoms with van der Waals surface area (Å²) < 4.78 is 10.9. The first-order valence-corrected chi connectivity index (χ1v) is 19.8. The molecule has 0 amide bonds. The molecular formula is C53H33N5O. The number of para-hydroxylation sites is 2. The summed E-state index contributed by atoms with van der Waals surface area (Å²) in [5.41, 5.74) is 14.0. The lowest BCUT2D eigenvalue weighted by molar-refractivity contribution is 0.620. The van der Waals surface area contributed by atoms with E-state index in [1.165, 1.54) is 0 Å². The molecule has 0 atom stereocenters. The Kier molecular flexibility index (Phi) is 7.43. The molecule has 0 unspecified atom stereocenters. The van der Waals surface area contributed by atoms with Crippen molar-refractivity contribution in [1.82, 2.24) is 24.1 Å². The number of fused-ring (bicyclic) bond motifs is 7. The number of hydrogen-bond donors (Lipinski definition) is 0. The van der Waals surface area contributed by atoms with Crippen LogP contribution >= 0.6 is 0 Å². The van der Waals surface area contributed by atoms with Gasteiger partial charge in [0.25, 0.3) is 0 Å². The normalized spacial score (nSPS) is 11.7. The van der Waals surface area contributed by atoms with Gasteiger partial charge >= 0.3 is 0 Å². The predicted molar refractivity (Wildman–Crippen MR) is 240 cm³/mol. The van der Waals surface area contributed by atoms with E-state index < -0.39 is 0 Å². The summed E-state index contributed by atoms with van der Waals surface area (Å²) in [4.78, 5) is 15.4. The van der Waals surface area contributed by atoms with Gasteiger partial charge in [0.1, 0.15) is 5.52 Å². The monoisotopic (exact) mass is 755 g/mol. The van der Waals surface area contributed by atoms with E-state index >= 15 is 0 Å². The Bertz CT molecular complexity index is 3480. The van der Waals surface area contributed by atoms with Crippen molar-refractivity contribution >= 4 is 54.7 Å². The molecule has 0 N–H and O–H groups in total. The Morgan fingerprint density at radius 2 is 0.847 bits per heavy atom. The fourth-order valence-electron chi connectivity index (χ4n) is 8.60. The Labute approximate surface area is 338 Å². The van der Waals surface area contributed by atoms with Crippen LogP contribution in [0.1, 0.15) is 0 Å². The molecule has 0 spiro atoms. The number of hydrogen-bond acceptors (Lipinski definition) is 4. The van der Waals surface area contributed by atoms with E-state index in [1.54, 1.807) is 0 Å². The second kappa shape index (κ2) is 13.3. The Hall–Kier alpha value is -8.09. The van der Waals surface area contributed by atoms with Crippen LogP contribution in [0.15, 0.2) is 205 Å². The average Bonchev–Trinajstić information content (AvgIpc) is 3.98. The number of rotatable bonds is 6. The van der Waals surface area contributed by atoms with Gasteiger partial charge in [0.15, 0.2) is 5.58 Å². The summed E-state index contributed by atoms with van der Waals surface area (Å²) in [5.74, 6) is 1.25. The van der Waals surface area contributed by atoms with Crippen LogP contribution in [0.25, 0.3) is 111 Å². The van der Waals surface area contributed by atoms with Gasteiger partial charge in [-0.2, -0.15) is 0 Å². The van der Waals surface area contributed by atoms with E-state index in [-0.39, 0.29) is 0 Å². The van der Waals surface area contributed by atoms with Gasteiger partial charge in [-0.1, -0.05) is 127 Å². The van der Waals surface area contributed by atoms with Gasteiger partial charge in [0.2, 0.25) is 11.8 Å². The van der Waals surface area contributed by atoms with E-state index in [9.17, 15) is 0 Å². The SMILES string of the molecule is c1ccc(-c2cc(-c3ccccc3)nc(-n3c4ccccc4c4cc(-c5ccc6c(c5)c5cc7oc(-c8ccccc8)nc7cc5n6-c5ccccc5)ccc43)n2)cc1. The van der Waals surface area contributed by atoms with E-state index in [1.807, 2.05) is 42.5 Å². The van der Waals surface area contributed by atoms with E-state index in [0.29, 0.717) is 11.8 Å². The molecule has 12 rings (SSSR count). The van der Waals surface area contributed by atoms with Crippen molar-refractivity contribution in [3.63, 3.8) is 0 Å². The van der Waals surface area contributed by atoms with Crippen LogP contribution < -0.4 is 0 Å². The van der Waals surface area contributed by atoms with Crippen molar-refractivity contribution in [2.24, 2.45) is 0 Å². The van der Waals surface area contributed by atoms with Gasteiger partial charge in [-0.25, -0.2) is 15.0 Å². The molecule has 0 radical (unpaired) electrons. The third-order valence-corrected chi connectivity index (χ3v) is 11.4. The van der Waals surface area contributed by atoms with Gasteiger partial charge in [-0.3, -0.25) is 4.57 Å². The van der Waals surface area contributed by atoms with Crippen molar-refractivity contribution in [1.29, 1.82) is 0 Å². The molecule has 0 bridgehead atoms. The van der Waals surface area contributed by atoms with Gasteiger partial charge in [0, 0.05) is 43.9 Å². The molecule has 0 saturated carbocycles. The van der Waals surface area contributed by atoms with Crippen LogP contribution in [0, 0.1) is 0 Å². The standard InChI is InChI=1S/C53H33N5O/c1-5-15-34(16-6-1)44-32-45(35-17-7-2-8-18-35)56-53(55-44)58-47-24-14-13-23-40(47)41-29-37(26-28-49(41)58)38-25-27-48-42(30-38)43-31-51-46(54-52(59-51)36-19-9-3-10-20-36)33-50(43)57(48)39-21-11-4-12-22-39/h1-33H. The van der Waals surface area contributed by atoms with Gasteiger partial charge < -0.3 is 8.98 Å². The molecule has 276 valence electrons. The van der Waals surface area contributed by atoms with Crippen molar-refractivity contribution in [2.75, 3.05) is 0 Å². The summed E-state index contributed by atoms with van der Waals surface area (Å²) >= 11 is 0. The summed E-state index contributed by atoms with van der Waals surface area (Å²) in [7, 11) is 0. The zero-order valence-electron chi connectivity index (χ0n) is 31.7. The first-order chi connectivity index (χ1) is 29.2. The second-order valence-corrected chi connectivity index (χ2v) is 14.9. The van der Waals surface area contributed by atoms with Crippen molar-refractivity contribution in [3.05, 3.63) is 200 Å². The van der Waals surface area contributed by atoms with Crippen LogP contribution in [0.2, 0.25) is 0 Å². The van der Waals surface area contributed by atoms with E-state index in [2.05, 4.69) is 167 Å². The highest BCUT2D eigenvalue weighted by molar-refractivity contribution is 6.14. The number of oxazole rings is 1. The maximum Gasteiger partial charge on any atom is 0.235 e. The Morgan fingerprint density at radius 3 is 1.49 bits per heavy atom. The van der Waals surface area contributed by atoms with Gasteiger partial charge in [-0.05, 0) is 83.9 Å². The fraction of sp³-hybridized carbons (Fsp3) is 0. The molecule has 0 aliphatic heterocycles. The van der Waals surface area contributed by atoms with Gasteiger partial charge in [-0.15, -0.1) is 0 Å². The quantitative estimate of drug-likeness (QED) is 0.170. The number of nitrogens with zero attached hydrogens (tertiary/aromatic N) is 5. The van der Waals surface area contributed by atoms with Crippen LogP contribution in [0.5, 0.6) is 0 Å². The third-order valence-electron chi connectivity index (χ3n) is 11.4. The number of benzene rings is 8. The molecule has 4 aromatic heterocycles. The van der Waals surface area contributed by atoms with E-state index in [4.69, 9.17) is 19.4 Å². The minimum Gasteiger partial charge on any atom is -0.436 e. The Balaban J connectivity index is 1.05. The molecule has 8 aromatic carbocycles. The average molecular weight is 756 g/mol. The first-order valence-electron chi connectivity index (χ1n) is 19.8. The zero-order chi connectivity index (χ0) is 38.9. The smallest absolute Gasteiger partial charge is 0.235 e. The summed E-state index contributed by atoms with van der Waals surface area (Å²) in [6, 6.07) is 69.7. The van der Waals surface area contributed by atoms with Crippen LogP contribution in [0.3, 0.4) is 0 Å². The molecular weight excluding hydrogens is 723 g/mol. The molecule has 4 heterocycles. The molecule has 6 heteroatoms. The van der Waals surface area contributed by atoms with Crippen molar-refractivity contribution in [2.45, 2.75) is 0 Å². The first kappa shape index (κ1) is 33.1. The lowest BCUT2D eigenvalue weighted by atomic mass is 10.0. The molecule has 59 heavy (non-hydrogen) atoms. The molecule has 12 aromatic rings. The minimum absolute atomic E-state index is 0.616. The third kappa shape index (κ3) is 5.46. The maximum absolute atomic E-state index is 6.40. The highest BCUT2D eigenvalue weighted by atomic mass is 16.3. The molecule has 0 fully saturated rings. The largest absolute Gasteiger partial charge is 0.436 e. The highest BCUT2D eigenvalue weighted by Crippen LogP contribution is 2.40. The van der Waals surface area contributed by atoms with Crippen LogP contribution in [0.4, 0.5) is 0 Å². The van der Waals surface area contributed by atoms with Crippen LogP contribution in [-0.2, 0) is 0 Å². The molecule has 0 aliphatic carbocycles. The lowest BCUT2D eigenvalue weighted by Gasteiger charge is -2.12. The maximum atomic E-state index is 6.40. The predicted octanol–water partition coefficient (Wildman–Crippen LogP) is 13.5. The summed E-state index contributed by atoms with van der Waals surface area (Å²) in [5, 5.41) is 4.53. The highest BCUT2D eigenvalue weighted by Gasteiger charge is 2.20. The fourth-order valence-corrected chi connectivity index (χ4v) is 8.60. The summed E-state index contributed by atoms with van der Waals surface area (Å²) in [6.45, 7) is 0. The summed E-state index contributed by atoms with van der Waals surface area (Å²) in [6.07, 6.45) is 0. The zero-order valence-corrected chi connectivity index (χ0v) is 31.7. The number of aromatic nitrogens is 5. The minimum atomic E-state index is 0.616. The molecule has 0 aliphatic rings. The molecule has 6 nitrogen and oxygen atoms in total. The van der Waals surface area contributed by atoms with Gasteiger partial charge in [0.05, 0.1) is 33.5 Å². The van der Waals surface area contributed by atoms with Crippen molar-refractivity contribution in [3.8, 4) is 56.7 Å². The van der Waals surface area contributed by atoms with E-state index in [0.717, 1.165) is 99.6 Å². The van der Waals surface area contributed by atoms with Crippen molar-refractivity contribution < 1.29 is 4.42 Å². The topological polar surface area (TPSA) is 61.7 Å².